The van der Waals surface area contributed by atoms with Gasteiger partial charge in [-0.15, -0.1) is 0 Å². The maximum absolute atomic E-state index is 12.4. The molecule has 1 fully saturated rings. The van der Waals surface area contributed by atoms with Crippen molar-refractivity contribution in [2.24, 2.45) is 17.6 Å². The lowest BCUT2D eigenvalue weighted by Gasteiger charge is -2.19. The van der Waals surface area contributed by atoms with E-state index in [-0.39, 0.29) is 13.1 Å². The summed E-state index contributed by atoms with van der Waals surface area (Å²) in [6.07, 6.45) is -4.21. The highest BCUT2D eigenvalue weighted by atomic mass is 19.4. The summed E-state index contributed by atoms with van der Waals surface area (Å²) in [7, 11) is 0. The molecular weight excluding hydrogens is 197 g/mol. The minimum absolute atomic E-state index is 0.0358. The normalized spacial score (nSPS) is 29.8. The fraction of sp³-hybridized carbons (Fsp3) is 1.00. The SMILES string of the molecule is NCCN1C[C@@H](CO)[C@H](C(F)(F)F)C1. The first-order valence-corrected chi connectivity index (χ1v) is 4.59. The molecule has 0 amide bonds. The lowest BCUT2D eigenvalue weighted by atomic mass is 9.97. The number of halogens is 3. The Kier molecular flexibility index (Phi) is 3.74. The molecule has 0 aromatic heterocycles. The molecule has 1 saturated heterocycles. The first kappa shape index (κ1) is 11.7. The Morgan fingerprint density at radius 3 is 2.36 bits per heavy atom. The molecule has 6 heteroatoms. The van der Waals surface area contributed by atoms with E-state index < -0.39 is 24.6 Å². The highest BCUT2D eigenvalue weighted by molar-refractivity contribution is 4.87. The second-order valence-corrected chi connectivity index (χ2v) is 3.64. The molecule has 0 radical (unpaired) electrons. The molecule has 2 atom stereocenters. The van der Waals surface area contributed by atoms with Crippen molar-refractivity contribution in [2.45, 2.75) is 6.18 Å². The fourth-order valence-corrected chi connectivity index (χ4v) is 1.88. The molecule has 84 valence electrons. The Morgan fingerprint density at radius 2 is 2.00 bits per heavy atom. The van der Waals surface area contributed by atoms with Crippen molar-refractivity contribution in [2.75, 3.05) is 32.8 Å². The molecule has 1 aliphatic heterocycles. The molecule has 1 heterocycles. The van der Waals surface area contributed by atoms with Crippen LogP contribution in [0.25, 0.3) is 0 Å². The van der Waals surface area contributed by atoms with E-state index in [9.17, 15) is 13.2 Å². The molecule has 0 aromatic carbocycles. The van der Waals surface area contributed by atoms with Gasteiger partial charge in [-0.25, -0.2) is 0 Å². The highest BCUT2D eigenvalue weighted by Gasteiger charge is 2.48. The fourth-order valence-electron chi connectivity index (χ4n) is 1.88. The number of alkyl halides is 3. The van der Waals surface area contributed by atoms with E-state index in [1.807, 2.05) is 0 Å². The number of rotatable bonds is 3. The van der Waals surface area contributed by atoms with Crippen LogP contribution in [0.5, 0.6) is 0 Å². The van der Waals surface area contributed by atoms with Crippen LogP contribution in [-0.4, -0.2) is 49.0 Å². The minimum atomic E-state index is -4.21. The minimum Gasteiger partial charge on any atom is -0.396 e. The van der Waals surface area contributed by atoms with Gasteiger partial charge in [0, 0.05) is 38.7 Å². The third kappa shape index (κ3) is 2.59. The van der Waals surface area contributed by atoms with Crippen LogP contribution in [0.4, 0.5) is 13.2 Å². The van der Waals surface area contributed by atoms with Crippen LogP contribution in [0.1, 0.15) is 0 Å². The molecule has 14 heavy (non-hydrogen) atoms. The zero-order valence-electron chi connectivity index (χ0n) is 7.80. The lowest BCUT2D eigenvalue weighted by Crippen LogP contribution is -2.32. The highest BCUT2D eigenvalue weighted by Crippen LogP contribution is 2.36. The van der Waals surface area contributed by atoms with Crippen molar-refractivity contribution in [1.29, 1.82) is 0 Å². The quantitative estimate of drug-likeness (QED) is 0.695. The van der Waals surface area contributed by atoms with Gasteiger partial charge in [0.25, 0.3) is 0 Å². The number of likely N-dealkylation sites (tertiary alicyclic amines) is 1. The predicted molar refractivity (Wildman–Crippen MR) is 45.6 cm³/mol. The molecule has 1 aliphatic rings. The molecule has 3 nitrogen and oxygen atoms in total. The zero-order valence-corrected chi connectivity index (χ0v) is 7.80. The van der Waals surface area contributed by atoms with Gasteiger partial charge in [-0.05, 0) is 0 Å². The van der Waals surface area contributed by atoms with E-state index in [4.69, 9.17) is 10.8 Å². The number of nitrogens with two attached hydrogens (primary N) is 1. The molecule has 0 aliphatic carbocycles. The number of hydrogen-bond acceptors (Lipinski definition) is 3. The van der Waals surface area contributed by atoms with E-state index in [1.54, 1.807) is 4.90 Å². The van der Waals surface area contributed by atoms with E-state index in [2.05, 4.69) is 0 Å². The summed E-state index contributed by atoms with van der Waals surface area (Å²) in [4.78, 5) is 1.65. The smallest absolute Gasteiger partial charge is 0.393 e. The van der Waals surface area contributed by atoms with Gasteiger partial charge in [0.2, 0.25) is 0 Å². The van der Waals surface area contributed by atoms with Crippen LogP contribution in [0.3, 0.4) is 0 Å². The molecule has 1 rings (SSSR count). The van der Waals surface area contributed by atoms with Gasteiger partial charge < -0.3 is 15.7 Å². The topological polar surface area (TPSA) is 49.5 Å². The van der Waals surface area contributed by atoms with Crippen molar-refractivity contribution in [1.82, 2.24) is 4.90 Å². The number of aliphatic hydroxyl groups is 1. The van der Waals surface area contributed by atoms with Gasteiger partial charge >= 0.3 is 6.18 Å². The monoisotopic (exact) mass is 212 g/mol. The van der Waals surface area contributed by atoms with Crippen molar-refractivity contribution in [3.63, 3.8) is 0 Å². The van der Waals surface area contributed by atoms with E-state index in [0.717, 1.165) is 0 Å². The third-order valence-electron chi connectivity index (χ3n) is 2.62. The zero-order chi connectivity index (χ0) is 10.8. The van der Waals surface area contributed by atoms with Gasteiger partial charge in [-0.2, -0.15) is 13.2 Å². The standard InChI is InChI=1S/C8H15F3N2O/c9-8(10,11)7-4-13(2-1-12)3-6(7)5-14/h6-7,14H,1-5,12H2/t6-,7+/m0/s1. The summed E-state index contributed by atoms with van der Waals surface area (Å²) in [5.41, 5.74) is 5.26. The first-order chi connectivity index (χ1) is 6.49. The number of hydrogen-bond donors (Lipinski definition) is 2. The van der Waals surface area contributed by atoms with Crippen LogP contribution in [0.15, 0.2) is 0 Å². The summed E-state index contributed by atoms with van der Waals surface area (Å²) in [5, 5.41) is 8.83. The molecule has 0 aromatic rings. The third-order valence-corrected chi connectivity index (χ3v) is 2.62. The van der Waals surface area contributed by atoms with Gasteiger partial charge in [0.15, 0.2) is 0 Å². The predicted octanol–water partition coefficient (Wildman–Crippen LogP) is 0.0477. The van der Waals surface area contributed by atoms with E-state index >= 15 is 0 Å². The van der Waals surface area contributed by atoms with Crippen LogP contribution < -0.4 is 5.73 Å². The van der Waals surface area contributed by atoms with Gasteiger partial charge in [-0.1, -0.05) is 0 Å². The van der Waals surface area contributed by atoms with Gasteiger partial charge in [0.1, 0.15) is 0 Å². The maximum Gasteiger partial charge on any atom is 0.393 e. The summed E-state index contributed by atoms with van der Waals surface area (Å²) < 4.78 is 37.3. The van der Waals surface area contributed by atoms with Crippen molar-refractivity contribution < 1.29 is 18.3 Å². The van der Waals surface area contributed by atoms with Crippen LogP contribution in [0, 0.1) is 11.8 Å². The first-order valence-electron chi connectivity index (χ1n) is 4.59. The van der Waals surface area contributed by atoms with Gasteiger partial charge in [-0.3, -0.25) is 0 Å². The van der Waals surface area contributed by atoms with Crippen LogP contribution in [-0.2, 0) is 0 Å². The van der Waals surface area contributed by atoms with E-state index in [1.165, 1.54) is 0 Å². The molecule has 3 N–H and O–H groups in total. The summed E-state index contributed by atoms with van der Waals surface area (Å²) in [6.45, 7) is 0.654. The lowest BCUT2D eigenvalue weighted by molar-refractivity contribution is -0.183. The average molecular weight is 212 g/mol. The molecule has 0 spiro atoms. The second-order valence-electron chi connectivity index (χ2n) is 3.64. The largest absolute Gasteiger partial charge is 0.396 e. The Hall–Kier alpha value is -0.330. The molecule has 0 bridgehead atoms. The number of nitrogens with zero attached hydrogens (tertiary/aromatic N) is 1. The Morgan fingerprint density at radius 1 is 1.36 bits per heavy atom. The van der Waals surface area contributed by atoms with Gasteiger partial charge in [0.05, 0.1) is 5.92 Å². The van der Waals surface area contributed by atoms with E-state index in [0.29, 0.717) is 13.1 Å². The average Bonchev–Trinajstić information content (AvgIpc) is 2.47. The Balaban J connectivity index is 2.58. The second kappa shape index (κ2) is 4.46. The summed E-state index contributed by atoms with van der Waals surface area (Å²) >= 11 is 0. The Labute approximate surface area is 80.7 Å². The maximum atomic E-state index is 12.4. The van der Waals surface area contributed by atoms with Crippen molar-refractivity contribution in [3.05, 3.63) is 0 Å². The summed E-state index contributed by atoms with van der Waals surface area (Å²) in [6, 6.07) is 0. The van der Waals surface area contributed by atoms with Crippen molar-refractivity contribution >= 4 is 0 Å². The number of aliphatic hydroxyl groups excluding tert-OH is 1. The molecule has 0 unspecified atom stereocenters. The molecular formula is C8H15F3N2O. The van der Waals surface area contributed by atoms with Crippen molar-refractivity contribution in [3.8, 4) is 0 Å². The summed E-state index contributed by atoms with van der Waals surface area (Å²) in [5.74, 6) is -2.10. The Bertz CT molecular complexity index is 186. The van der Waals surface area contributed by atoms with Crippen LogP contribution in [0.2, 0.25) is 0 Å². The van der Waals surface area contributed by atoms with Crippen LogP contribution >= 0.6 is 0 Å². The molecule has 0 saturated carbocycles.